The van der Waals surface area contributed by atoms with Gasteiger partial charge in [-0.15, -0.1) is 0 Å². The van der Waals surface area contributed by atoms with Crippen LogP contribution < -0.4 is 0 Å². The van der Waals surface area contributed by atoms with Crippen molar-refractivity contribution < 1.29 is 0 Å². The number of thioether (sulfide) groups is 1. The Kier molecular flexibility index (Phi) is 2.89. The second kappa shape index (κ2) is 4.02. The van der Waals surface area contributed by atoms with E-state index in [4.69, 9.17) is 11.6 Å². The van der Waals surface area contributed by atoms with E-state index in [0.29, 0.717) is 11.1 Å². The van der Waals surface area contributed by atoms with E-state index in [1.165, 1.54) is 0 Å². The van der Waals surface area contributed by atoms with Crippen LogP contribution in [0.2, 0.25) is 5.02 Å². The zero-order valence-corrected chi connectivity index (χ0v) is 10.4. The van der Waals surface area contributed by atoms with Crippen LogP contribution in [-0.4, -0.2) is 20.8 Å². The number of fused-ring (bicyclic) bond motifs is 1. The van der Waals surface area contributed by atoms with E-state index in [0.717, 1.165) is 16.3 Å². The lowest BCUT2D eigenvalue weighted by Crippen LogP contribution is -2.02. The van der Waals surface area contributed by atoms with Crippen molar-refractivity contribution in [2.24, 2.45) is 0 Å². The van der Waals surface area contributed by atoms with Crippen molar-refractivity contribution in [1.29, 1.82) is 0 Å². The van der Waals surface area contributed by atoms with Gasteiger partial charge in [0.15, 0.2) is 10.8 Å². The summed E-state index contributed by atoms with van der Waals surface area (Å²) in [6.07, 6.45) is 3.68. The molecule has 15 heavy (non-hydrogen) atoms. The SMILES string of the molecule is CSc1nc2cc(Cl)cnc2n1C(C)C. The van der Waals surface area contributed by atoms with E-state index in [2.05, 4.69) is 28.4 Å². The molecule has 0 saturated heterocycles. The van der Waals surface area contributed by atoms with Gasteiger partial charge in [0.05, 0.1) is 5.02 Å². The molecule has 2 heterocycles. The molecule has 0 aliphatic heterocycles. The van der Waals surface area contributed by atoms with Crippen LogP contribution >= 0.6 is 23.4 Å². The highest BCUT2D eigenvalue weighted by Crippen LogP contribution is 2.26. The number of nitrogens with zero attached hydrogens (tertiary/aromatic N) is 3. The summed E-state index contributed by atoms with van der Waals surface area (Å²) in [5, 5.41) is 1.61. The third kappa shape index (κ3) is 1.84. The molecule has 0 saturated carbocycles. The molecule has 0 aliphatic rings. The molecule has 80 valence electrons. The van der Waals surface area contributed by atoms with Crippen molar-refractivity contribution in [1.82, 2.24) is 14.5 Å². The van der Waals surface area contributed by atoms with Crippen molar-refractivity contribution in [3.8, 4) is 0 Å². The number of rotatable bonds is 2. The quantitative estimate of drug-likeness (QED) is 0.756. The third-order valence-corrected chi connectivity index (χ3v) is 3.02. The molecule has 0 bridgehead atoms. The first kappa shape index (κ1) is 10.8. The lowest BCUT2D eigenvalue weighted by atomic mass is 10.4. The molecule has 0 N–H and O–H groups in total. The molecule has 3 nitrogen and oxygen atoms in total. The molecule has 2 aromatic rings. The van der Waals surface area contributed by atoms with Gasteiger partial charge in [0.2, 0.25) is 0 Å². The maximum absolute atomic E-state index is 5.88. The highest BCUT2D eigenvalue weighted by Gasteiger charge is 2.13. The van der Waals surface area contributed by atoms with Crippen LogP contribution in [0.25, 0.3) is 11.2 Å². The van der Waals surface area contributed by atoms with Gasteiger partial charge in [-0.2, -0.15) is 0 Å². The van der Waals surface area contributed by atoms with Gasteiger partial charge in [0.25, 0.3) is 0 Å². The van der Waals surface area contributed by atoms with Crippen LogP contribution in [0.4, 0.5) is 0 Å². The topological polar surface area (TPSA) is 30.7 Å². The number of hydrogen-bond acceptors (Lipinski definition) is 3. The number of pyridine rings is 1. The molecule has 5 heteroatoms. The molecule has 0 unspecified atom stereocenters. The monoisotopic (exact) mass is 241 g/mol. The van der Waals surface area contributed by atoms with Crippen LogP contribution in [0, 0.1) is 0 Å². The summed E-state index contributed by atoms with van der Waals surface area (Å²) in [6, 6.07) is 2.20. The van der Waals surface area contributed by atoms with Crippen LogP contribution in [-0.2, 0) is 0 Å². The largest absolute Gasteiger partial charge is 0.301 e. The summed E-state index contributed by atoms with van der Waals surface area (Å²) in [5.41, 5.74) is 1.76. The summed E-state index contributed by atoms with van der Waals surface area (Å²) in [5.74, 6) is 0. The fraction of sp³-hybridized carbons (Fsp3) is 0.400. The molecule has 0 fully saturated rings. The summed E-state index contributed by atoms with van der Waals surface area (Å²) < 4.78 is 2.12. The van der Waals surface area contributed by atoms with Crippen LogP contribution in [0.3, 0.4) is 0 Å². The van der Waals surface area contributed by atoms with Crippen molar-refractivity contribution in [2.45, 2.75) is 25.0 Å². The number of halogens is 1. The Balaban J connectivity index is 2.74. The van der Waals surface area contributed by atoms with E-state index in [9.17, 15) is 0 Å². The fourth-order valence-corrected chi connectivity index (χ4v) is 2.38. The van der Waals surface area contributed by atoms with Crippen LogP contribution in [0.5, 0.6) is 0 Å². The second-order valence-electron chi connectivity index (χ2n) is 3.56. The molecule has 0 radical (unpaired) electrons. The Hall–Kier alpha value is -0.740. The summed E-state index contributed by atoms with van der Waals surface area (Å²) in [4.78, 5) is 8.82. The minimum Gasteiger partial charge on any atom is -0.301 e. The minimum absolute atomic E-state index is 0.353. The van der Waals surface area contributed by atoms with Gasteiger partial charge in [-0.05, 0) is 26.2 Å². The minimum atomic E-state index is 0.353. The molecule has 2 aromatic heterocycles. The molecule has 0 aromatic carbocycles. The molecule has 0 amide bonds. The Morgan fingerprint density at radius 1 is 1.47 bits per heavy atom. The van der Waals surface area contributed by atoms with Crippen molar-refractivity contribution in [3.63, 3.8) is 0 Å². The molecule has 0 atom stereocenters. The van der Waals surface area contributed by atoms with Gasteiger partial charge < -0.3 is 4.57 Å². The molecular weight excluding hydrogens is 230 g/mol. The van der Waals surface area contributed by atoms with E-state index in [-0.39, 0.29) is 0 Å². The Bertz CT molecular complexity index is 493. The molecular formula is C10H12ClN3S. The van der Waals surface area contributed by atoms with Gasteiger partial charge in [0, 0.05) is 12.2 Å². The third-order valence-electron chi connectivity index (χ3n) is 2.16. The van der Waals surface area contributed by atoms with E-state index in [1.807, 2.05) is 12.3 Å². The normalized spacial score (nSPS) is 11.5. The second-order valence-corrected chi connectivity index (χ2v) is 4.77. The standard InChI is InChI=1S/C10H12ClN3S/c1-6(2)14-9-8(13-10(14)15-3)4-7(11)5-12-9/h4-6H,1-3H3. The summed E-state index contributed by atoms with van der Waals surface area (Å²) in [7, 11) is 0. The van der Waals surface area contributed by atoms with Crippen LogP contribution in [0.15, 0.2) is 17.4 Å². The van der Waals surface area contributed by atoms with E-state index < -0.39 is 0 Å². The van der Waals surface area contributed by atoms with Gasteiger partial charge in [-0.25, -0.2) is 9.97 Å². The average Bonchev–Trinajstić information content (AvgIpc) is 2.54. The van der Waals surface area contributed by atoms with Crippen molar-refractivity contribution >= 4 is 34.5 Å². The lowest BCUT2D eigenvalue weighted by Gasteiger charge is -2.10. The molecule has 0 aliphatic carbocycles. The average molecular weight is 242 g/mol. The van der Waals surface area contributed by atoms with E-state index >= 15 is 0 Å². The van der Waals surface area contributed by atoms with Gasteiger partial charge >= 0.3 is 0 Å². The smallest absolute Gasteiger partial charge is 0.170 e. The molecule has 0 spiro atoms. The maximum atomic E-state index is 5.88. The Morgan fingerprint density at radius 3 is 2.80 bits per heavy atom. The Morgan fingerprint density at radius 2 is 2.20 bits per heavy atom. The molecule has 2 rings (SSSR count). The van der Waals surface area contributed by atoms with Crippen molar-refractivity contribution in [3.05, 3.63) is 17.3 Å². The first-order valence-corrected chi connectivity index (χ1v) is 6.31. The van der Waals surface area contributed by atoms with Gasteiger partial charge in [-0.1, -0.05) is 23.4 Å². The van der Waals surface area contributed by atoms with Gasteiger partial charge in [0.1, 0.15) is 5.52 Å². The number of hydrogen-bond donors (Lipinski definition) is 0. The number of imidazole rings is 1. The summed E-state index contributed by atoms with van der Waals surface area (Å²) in [6.45, 7) is 4.24. The van der Waals surface area contributed by atoms with Gasteiger partial charge in [-0.3, -0.25) is 0 Å². The lowest BCUT2D eigenvalue weighted by molar-refractivity contribution is 0.563. The highest BCUT2D eigenvalue weighted by atomic mass is 35.5. The highest BCUT2D eigenvalue weighted by molar-refractivity contribution is 7.98. The summed E-state index contributed by atoms with van der Waals surface area (Å²) >= 11 is 7.51. The zero-order valence-electron chi connectivity index (χ0n) is 8.86. The van der Waals surface area contributed by atoms with Crippen LogP contribution in [0.1, 0.15) is 19.9 Å². The predicted molar refractivity (Wildman–Crippen MR) is 64.7 cm³/mol. The maximum Gasteiger partial charge on any atom is 0.170 e. The fourth-order valence-electron chi connectivity index (χ4n) is 1.55. The zero-order chi connectivity index (χ0) is 11.0. The number of aromatic nitrogens is 3. The van der Waals surface area contributed by atoms with E-state index in [1.54, 1.807) is 18.0 Å². The predicted octanol–water partition coefficient (Wildman–Crippen LogP) is 3.39. The van der Waals surface area contributed by atoms with Crippen molar-refractivity contribution in [2.75, 3.05) is 6.26 Å². The first-order valence-electron chi connectivity index (χ1n) is 4.71. The first-order chi connectivity index (χ1) is 7.13. The Labute approximate surface area is 97.9 Å².